The third-order valence-corrected chi connectivity index (χ3v) is 4.00. The molecule has 112 valence electrons. The quantitative estimate of drug-likeness (QED) is 0.863. The largest absolute Gasteiger partial charge is 0.497 e. The summed E-state index contributed by atoms with van der Waals surface area (Å²) in [5.74, 6) is 0.906. The Hall–Kier alpha value is -1.10. The Morgan fingerprint density at radius 2 is 1.90 bits per heavy atom. The molecule has 0 bridgehead atoms. The molecule has 0 radical (unpaired) electrons. The summed E-state index contributed by atoms with van der Waals surface area (Å²) < 4.78 is 10.7. The highest BCUT2D eigenvalue weighted by Gasteiger charge is 2.25. The van der Waals surface area contributed by atoms with Crippen LogP contribution in [0.25, 0.3) is 0 Å². The molecule has 4 nitrogen and oxygen atoms in total. The van der Waals surface area contributed by atoms with Crippen LogP contribution >= 0.6 is 0 Å². The number of nitrogens with one attached hydrogen (secondary N) is 1. The lowest BCUT2D eigenvalue weighted by Crippen LogP contribution is -2.48. The van der Waals surface area contributed by atoms with Crippen molar-refractivity contribution in [1.29, 1.82) is 0 Å². The van der Waals surface area contributed by atoms with Gasteiger partial charge in [0.1, 0.15) is 5.75 Å². The molecule has 20 heavy (non-hydrogen) atoms. The number of hydrogen-bond acceptors (Lipinski definition) is 4. The van der Waals surface area contributed by atoms with E-state index in [9.17, 15) is 0 Å². The van der Waals surface area contributed by atoms with Crippen molar-refractivity contribution in [1.82, 2.24) is 10.2 Å². The van der Waals surface area contributed by atoms with Crippen LogP contribution in [0.3, 0.4) is 0 Å². The van der Waals surface area contributed by atoms with Gasteiger partial charge in [-0.05, 0) is 31.2 Å². The fourth-order valence-electron chi connectivity index (χ4n) is 2.79. The molecule has 1 fully saturated rings. The van der Waals surface area contributed by atoms with Gasteiger partial charge >= 0.3 is 0 Å². The minimum absolute atomic E-state index is 0.337. The number of methoxy groups -OCH3 is 1. The molecule has 4 heteroatoms. The van der Waals surface area contributed by atoms with E-state index in [0.29, 0.717) is 12.1 Å². The molecule has 0 aliphatic carbocycles. The number of benzene rings is 1. The van der Waals surface area contributed by atoms with Gasteiger partial charge in [0.15, 0.2) is 0 Å². The Labute approximate surface area is 122 Å². The molecule has 0 spiro atoms. The van der Waals surface area contributed by atoms with E-state index in [2.05, 4.69) is 36.2 Å². The van der Waals surface area contributed by atoms with E-state index in [0.717, 1.165) is 38.6 Å². The summed E-state index contributed by atoms with van der Waals surface area (Å²) in [6, 6.07) is 9.17. The Balaban J connectivity index is 2.11. The normalized spacial score (nSPS) is 19.6. The summed E-state index contributed by atoms with van der Waals surface area (Å²) in [5.41, 5.74) is 1.31. The van der Waals surface area contributed by atoms with Crippen LogP contribution in [0.2, 0.25) is 0 Å². The van der Waals surface area contributed by atoms with Crippen LogP contribution in [0, 0.1) is 0 Å². The lowest BCUT2D eigenvalue weighted by Gasteiger charge is -2.37. The first-order valence-electron chi connectivity index (χ1n) is 7.45. The maximum Gasteiger partial charge on any atom is 0.118 e. The van der Waals surface area contributed by atoms with Crippen molar-refractivity contribution < 1.29 is 9.47 Å². The number of rotatable bonds is 6. The van der Waals surface area contributed by atoms with E-state index in [1.165, 1.54) is 5.56 Å². The second kappa shape index (κ2) is 7.62. The second-order valence-electron chi connectivity index (χ2n) is 5.20. The van der Waals surface area contributed by atoms with E-state index < -0.39 is 0 Å². The zero-order chi connectivity index (χ0) is 14.4. The van der Waals surface area contributed by atoms with Crippen molar-refractivity contribution in [3.05, 3.63) is 29.8 Å². The van der Waals surface area contributed by atoms with Crippen molar-refractivity contribution in [2.24, 2.45) is 0 Å². The molecule has 2 rings (SSSR count). The molecule has 0 amide bonds. The number of hydrogen-bond donors (Lipinski definition) is 1. The van der Waals surface area contributed by atoms with Gasteiger partial charge in [0.05, 0.1) is 20.3 Å². The molecule has 1 N–H and O–H groups in total. The highest BCUT2D eigenvalue weighted by Crippen LogP contribution is 2.24. The molecule has 2 atom stereocenters. The lowest BCUT2D eigenvalue weighted by atomic mass is 9.98. The van der Waals surface area contributed by atoms with E-state index in [1.54, 1.807) is 7.11 Å². The number of ether oxygens (including phenoxy) is 2. The number of nitrogens with zero attached hydrogens (tertiary/aromatic N) is 1. The maximum atomic E-state index is 5.45. The third-order valence-electron chi connectivity index (χ3n) is 4.00. The predicted octanol–water partition coefficient (Wildman–Crippen LogP) is 2.07. The first-order chi connectivity index (χ1) is 9.76. The molecule has 1 heterocycles. The van der Waals surface area contributed by atoms with Gasteiger partial charge < -0.3 is 14.8 Å². The molecule has 0 aromatic heterocycles. The van der Waals surface area contributed by atoms with Crippen LogP contribution < -0.4 is 10.1 Å². The second-order valence-corrected chi connectivity index (χ2v) is 5.20. The standard InChI is InChI=1S/C16H26N2O2/c1-4-17-16(13(2)18-9-11-20-12-10-18)14-5-7-15(19-3)8-6-14/h5-8,13,16-17H,4,9-12H2,1-3H3. The average Bonchev–Trinajstić information content (AvgIpc) is 2.53. The fourth-order valence-corrected chi connectivity index (χ4v) is 2.79. The van der Waals surface area contributed by atoms with E-state index in [-0.39, 0.29) is 0 Å². The summed E-state index contributed by atoms with van der Waals surface area (Å²) in [6.07, 6.45) is 0. The molecule has 1 aliphatic rings. The van der Waals surface area contributed by atoms with Crippen molar-refractivity contribution >= 4 is 0 Å². The molecule has 1 aliphatic heterocycles. The van der Waals surface area contributed by atoms with Gasteiger partial charge in [-0.2, -0.15) is 0 Å². The maximum absolute atomic E-state index is 5.45. The van der Waals surface area contributed by atoms with Gasteiger partial charge in [0.25, 0.3) is 0 Å². The van der Waals surface area contributed by atoms with E-state index in [1.807, 2.05) is 12.1 Å². The first-order valence-corrected chi connectivity index (χ1v) is 7.45. The van der Waals surface area contributed by atoms with Gasteiger partial charge in [-0.15, -0.1) is 0 Å². The van der Waals surface area contributed by atoms with Crippen LogP contribution in [0.15, 0.2) is 24.3 Å². The van der Waals surface area contributed by atoms with Gasteiger partial charge in [0, 0.05) is 25.2 Å². The molecule has 0 saturated carbocycles. The number of morpholine rings is 1. The summed E-state index contributed by atoms with van der Waals surface area (Å²) in [4.78, 5) is 2.50. The molecule has 1 aromatic rings. The van der Waals surface area contributed by atoms with Gasteiger partial charge in [-0.1, -0.05) is 19.1 Å². The Morgan fingerprint density at radius 3 is 2.45 bits per heavy atom. The van der Waals surface area contributed by atoms with Crippen LogP contribution in [0.1, 0.15) is 25.5 Å². The zero-order valence-electron chi connectivity index (χ0n) is 12.8. The van der Waals surface area contributed by atoms with Crippen molar-refractivity contribution in [2.75, 3.05) is 40.0 Å². The Morgan fingerprint density at radius 1 is 1.25 bits per heavy atom. The van der Waals surface area contributed by atoms with Crippen molar-refractivity contribution in [3.8, 4) is 5.75 Å². The smallest absolute Gasteiger partial charge is 0.118 e. The number of likely N-dealkylation sites (N-methyl/N-ethyl adjacent to an activating group) is 1. The van der Waals surface area contributed by atoms with E-state index in [4.69, 9.17) is 9.47 Å². The SMILES string of the molecule is CCNC(c1ccc(OC)cc1)C(C)N1CCOCC1. The van der Waals surface area contributed by atoms with Gasteiger partial charge in [-0.25, -0.2) is 0 Å². The van der Waals surface area contributed by atoms with Crippen molar-refractivity contribution in [2.45, 2.75) is 25.9 Å². The van der Waals surface area contributed by atoms with Crippen LogP contribution in [-0.4, -0.2) is 50.9 Å². The first kappa shape index (κ1) is 15.3. The van der Waals surface area contributed by atoms with Crippen LogP contribution in [0.5, 0.6) is 5.75 Å². The van der Waals surface area contributed by atoms with E-state index >= 15 is 0 Å². The predicted molar refractivity (Wildman–Crippen MR) is 81.3 cm³/mol. The topological polar surface area (TPSA) is 33.7 Å². The molecular weight excluding hydrogens is 252 g/mol. The Bertz CT molecular complexity index is 388. The zero-order valence-corrected chi connectivity index (χ0v) is 12.8. The highest BCUT2D eigenvalue weighted by molar-refractivity contribution is 5.29. The molecular formula is C16H26N2O2. The molecule has 1 aromatic carbocycles. The summed E-state index contributed by atoms with van der Waals surface area (Å²) in [7, 11) is 1.70. The van der Waals surface area contributed by atoms with Crippen LogP contribution in [0.4, 0.5) is 0 Å². The molecule has 1 saturated heterocycles. The minimum Gasteiger partial charge on any atom is -0.497 e. The average molecular weight is 278 g/mol. The van der Waals surface area contributed by atoms with Crippen molar-refractivity contribution in [3.63, 3.8) is 0 Å². The monoisotopic (exact) mass is 278 g/mol. The van der Waals surface area contributed by atoms with Gasteiger partial charge in [-0.3, -0.25) is 4.90 Å². The summed E-state index contributed by atoms with van der Waals surface area (Å²) in [5, 5.41) is 3.61. The highest BCUT2D eigenvalue weighted by atomic mass is 16.5. The third kappa shape index (κ3) is 3.72. The molecule has 2 unspecified atom stereocenters. The Kier molecular flexibility index (Phi) is 5.83. The summed E-state index contributed by atoms with van der Waals surface area (Å²) >= 11 is 0. The van der Waals surface area contributed by atoms with Crippen LogP contribution in [-0.2, 0) is 4.74 Å². The van der Waals surface area contributed by atoms with Gasteiger partial charge in [0.2, 0.25) is 0 Å². The fraction of sp³-hybridized carbons (Fsp3) is 0.625. The summed E-state index contributed by atoms with van der Waals surface area (Å²) in [6.45, 7) is 9.12. The minimum atomic E-state index is 0.337. The lowest BCUT2D eigenvalue weighted by molar-refractivity contribution is 0.0121.